The zero-order valence-corrected chi connectivity index (χ0v) is 22.8. The van der Waals surface area contributed by atoms with Gasteiger partial charge < -0.3 is 14.7 Å². The Kier molecular flexibility index (Phi) is 9.50. The summed E-state index contributed by atoms with van der Waals surface area (Å²) >= 11 is 10.00. The molecule has 5 nitrogen and oxygen atoms in total. The molecule has 194 valence electrons. The lowest BCUT2D eigenvalue weighted by molar-refractivity contribution is -0.141. The summed E-state index contributed by atoms with van der Waals surface area (Å²) in [4.78, 5) is 19.8. The molecule has 1 saturated heterocycles. The molecule has 0 unspecified atom stereocenters. The second-order valence-corrected chi connectivity index (χ2v) is 11.8. The van der Waals surface area contributed by atoms with E-state index in [0.29, 0.717) is 28.6 Å². The Morgan fingerprint density at radius 2 is 2.17 bits per heavy atom. The predicted molar refractivity (Wildman–Crippen MR) is 146 cm³/mol. The maximum Gasteiger partial charge on any atom is 0.303 e. The number of halogens is 2. The van der Waals surface area contributed by atoms with Gasteiger partial charge in [-0.1, -0.05) is 11.6 Å². The molecule has 0 radical (unpaired) electrons. The molecule has 3 heterocycles. The molecule has 0 saturated carbocycles. The molecule has 3 aromatic rings. The van der Waals surface area contributed by atoms with Gasteiger partial charge in [0.2, 0.25) is 0 Å². The van der Waals surface area contributed by atoms with Crippen LogP contribution in [0.2, 0.25) is 5.02 Å². The van der Waals surface area contributed by atoms with Gasteiger partial charge in [-0.25, -0.2) is 4.39 Å². The average molecular weight is 551 g/mol. The number of benzene rings is 1. The largest absolute Gasteiger partial charge is 0.497 e. The Morgan fingerprint density at radius 1 is 1.36 bits per heavy atom. The Balaban J connectivity index is 1.37. The SMILES string of the molecule is COc1ccc2ncc(Cl)c([C@H](F)CCC3(CC(=O)O)CCN(CCCSc4ccsc4)CC3)c2c1. The van der Waals surface area contributed by atoms with Crippen LogP contribution < -0.4 is 4.74 Å². The van der Waals surface area contributed by atoms with E-state index in [2.05, 4.69) is 26.7 Å². The molecule has 1 fully saturated rings. The number of ether oxygens (including phenoxy) is 1. The lowest BCUT2D eigenvalue weighted by atomic mass is 9.71. The molecule has 1 N–H and O–H groups in total. The first-order valence-electron chi connectivity index (χ1n) is 12.2. The molecule has 36 heavy (non-hydrogen) atoms. The monoisotopic (exact) mass is 550 g/mol. The number of hydrogen-bond acceptors (Lipinski definition) is 6. The molecule has 4 rings (SSSR count). The summed E-state index contributed by atoms with van der Waals surface area (Å²) in [5.74, 6) is 0.870. The summed E-state index contributed by atoms with van der Waals surface area (Å²) < 4.78 is 21.0. The minimum Gasteiger partial charge on any atom is -0.497 e. The van der Waals surface area contributed by atoms with Gasteiger partial charge in [0, 0.05) is 27.4 Å². The number of piperidine rings is 1. The average Bonchev–Trinajstić information content (AvgIpc) is 3.39. The van der Waals surface area contributed by atoms with Crippen LogP contribution in [0.3, 0.4) is 0 Å². The number of thiophene rings is 1. The van der Waals surface area contributed by atoms with Gasteiger partial charge in [-0.15, -0.1) is 11.8 Å². The van der Waals surface area contributed by atoms with Crippen molar-refractivity contribution in [3.8, 4) is 5.75 Å². The van der Waals surface area contributed by atoms with Gasteiger partial charge in [0.15, 0.2) is 0 Å². The van der Waals surface area contributed by atoms with Crippen LogP contribution in [0, 0.1) is 5.41 Å². The number of fused-ring (bicyclic) bond motifs is 1. The summed E-state index contributed by atoms with van der Waals surface area (Å²) in [6, 6.07) is 7.49. The second kappa shape index (κ2) is 12.6. The number of carboxylic acid groups (broad SMARTS) is 1. The number of methoxy groups -OCH3 is 1. The van der Waals surface area contributed by atoms with Gasteiger partial charge in [0.1, 0.15) is 11.9 Å². The molecule has 0 bridgehead atoms. The summed E-state index contributed by atoms with van der Waals surface area (Å²) in [6.45, 7) is 2.71. The third-order valence-electron chi connectivity index (χ3n) is 7.13. The summed E-state index contributed by atoms with van der Waals surface area (Å²) in [6.07, 6.45) is 3.60. The maximum atomic E-state index is 15.7. The number of likely N-dealkylation sites (tertiary alicyclic amines) is 1. The maximum absolute atomic E-state index is 15.7. The third-order valence-corrected chi connectivity index (χ3v) is 9.35. The van der Waals surface area contributed by atoms with E-state index in [4.69, 9.17) is 16.3 Å². The topological polar surface area (TPSA) is 62.7 Å². The standard InChI is InChI=1S/C27H32ClFN2O3S2/c1-34-19-3-4-24-21(15-19)26(22(28)17-30-24)23(29)5-7-27(16-25(32)33)8-11-31(12-9-27)10-2-13-36-20-6-14-35-18-20/h3-4,6,14-15,17-18,23H,2,5,7-13,16H2,1H3,(H,32,33)/t23-/m1/s1. The smallest absolute Gasteiger partial charge is 0.303 e. The van der Waals surface area contributed by atoms with Crippen LogP contribution in [0.1, 0.15) is 50.3 Å². The number of pyridine rings is 1. The van der Waals surface area contributed by atoms with Crippen LogP contribution in [0.25, 0.3) is 10.9 Å². The number of rotatable bonds is 12. The number of thioether (sulfide) groups is 1. The fraction of sp³-hybridized carbons (Fsp3) is 0.481. The first-order valence-corrected chi connectivity index (χ1v) is 14.6. The lowest BCUT2D eigenvalue weighted by Gasteiger charge is -2.41. The normalized spacial score (nSPS) is 16.8. The van der Waals surface area contributed by atoms with Crippen molar-refractivity contribution in [3.05, 3.63) is 51.8 Å². The summed E-state index contributed by atoms with van der Waals surface area (Å²) in [5.41, 5.74) is 0.667. The van der Waals surface area contributed by atoms with E-state index in [1.54, 1.807) is 36.6 Å². The van der Waals surface area contributed by atoms with E-state index in [1.165, 1.54) is 11.1 Å². The number of aliphatic carboxylic acids is 1. The van der Waals surface area contributed by atoms with Gasteiger partial charge in [-0.3, -0.25) is 9.78 Å². The minimum atomic E-state index is -1.31. The first-order chi connectivity index (χ1) is 17.4. The van der Waals surface area contributed by atoms with Crippen LogP contribution in [0.15, 0.2) is 46.1 Å². The Bertz CT molecular complexity index is 1150. The van der Waals surface area contributed by atoms with Crippen LogP contribution in [0.5, 0.6) is 5.75 Å². The van der Waals surface area contributed by atoms with E-state index in [1.807, 2.05) is 11.8 Å². The number of nitrogens with zero attached hydrogens (tertiary/aromatic N) is 2. The predicted octanol–water partition coefficient (Wildman–Crippen LogP) is 7.49. The molecule has 0 spiro atoms. The van der Waals surface area contributed by atoms with Gasteiger partial charge in [-0.2, -0.15) is 11.3 Å². The second-order valence-electron chi connectivity index (χ2n) is 9.48. The van der Waals surface area contributed by atoms with E-state index in [9.17, 15) is 9.90 Å². The third kappa shape index (κ3) is 6.91. The van der Waals surface area contributed by atoms with E-state index in [0.717, 1.165) is 44.6 Å². The Hall–Kier alpha value is -1.87. The van der Waals surface area contributed by atoms with Crippen molar-refractivity contribution in [2.45, 2.75) is 49.6 Å². The van der Waals surface area contributed by atoms with Crippen molar-refractivity contribution in [2.75, 3.05) is 32.5 Å². The number of alkyl halides is 1. The fourth-order valence-electron chi connectivity index (χ4n) is 5.09. The van der Waals surface area contributed by atoms with Crippen LogP contribution in [-0.4, -0.2) is 53.5 Å². The van der Waals surface area contributed by atoms with Crippen LogP contribution in [-0.2, 0) is 4.79 Å². The first kappa shape index (κ1) is 27.2. The molecule has 1 aliphatic heterocycles. The number of aromatic nitrogens is 1. The van der Waals surface area contributed by atoms with Gasteiger partial charge >= 0.3 is 5.97 Å². The number of carboxylic acids is 1. The van der Waals surface area contributed by atoms with E-state index >= 15 is 4.39 Å². The lowest BCUT2D eigenvalue weighted by Crippen LogP contribution is -2.41. The zero-order chi connectivity index (χ0) is 25.5. The molecule has 0 amide bonds. The molecule has 0 aliphatic carbocycles. The molecule has 1 aromatic carbocycles. The highest BCUT2D eigenvalue weighted by atomic mass is 35.5. The number of hydrogen-bond donors (Lipinski definition) is 1. The minimum absolute atomic E-state index is 0.0697. The summed E-state index contributed by atoms with van der Waals surface area (Å²) in [7, 11) is 1.57. The van der Waals surface area contributed by atoms with E-state index < -0.39 is 17.6 Å². The van der Waals surface area contributed by atoms with E-state index in [-0.39, 0.29) is 17.9 Å². The quantitative estimate of drug-likeness (QED) is 0.186. The Labute approximate surface area is 225 Å². The highest BCUT2D eigenvalue weighted by Crippen LogP contribution is 2.44. The molecule has 9 heteroatoms. The van der Waals surface area contributed by atoms with Crippen molar-refractivity contribution < 1.29 is 19.0 Å². The highest BCUT2D eigenvalue weighted by Gasteiger charge is 2.37. The van der Waals surface area contributed by atoms with Crippen molar-refractivity contribution >= 4 is 51.6 Å². The van der Waals surface area contributed by atoms with Crippen molar-refractivity contribution in [2.24, 2.45) is 5.41 Å². The van der Waals surface area contributed by atoms with Crippen molar-refractivity contribution in [1.29, 1.82) is 0 Å². The molecular formula is C27H32ClFN2O3S2. The van der Waals surface area contributed by atoms with Gasteiger partial charge in [-0.05, 0) is 92.6 Å². The zero-order valence-electron chi connectivity index (χ0n) is 20.4. The molecule has 2 aromatic heterocycles. The van der Waals surface area contributed by atoms with Crippen molar-refractivity contribution in [3.63, 3.8) is 0 Å². The molecule has 1 aliphatic rings. The van der Waals surface area contributed by atoms with Gasteiger partial charge in [0.05, 0.1) is 24.1 Å². The number of carbonyl (C=O) groups is 1. The summed E-state index contributed by atoms with van der Waals surface area (Å²) in [5, 5.41) is 14.8. The van der Waals surface area contributed by atoms with Crippen LogP contribution in [0.4, 0.5) is 4.39 Å². The van der Waals surface area contributed by atoms with Crippen molar-refractivity contribution in [1.82, 2.24) is 9.88 Å². The Morgan fingerprint density at radius 3 is 2.86 bits per heavy atom. The molecule has 1 atom stereocenters. The van der Waals surface area contributed by atoms with Gasteiger partial charge in [0.25, 0.3) is 0 Å². The highest BCUT2D eigenvalue weighted by molar-refractivity contribution is 7.99. The fourth-order valence-corrected chi connectivity index (χ4v) is 7.07. The molecular weight excluding hydrogens is 519 g/mol. The van der Waals surface area contributed by atoms with Crippen LogP contribution >= 0.6 is 34.7 Å².